The summed E-state index contributed by atoms with van der Waals surface area (Å²) in [6, 6.07) is 10.7. The van der Waals surface area contributed by atoms with E-state index in [1.54, 1.807) is 32.0 Å². The Kier molecular flexibility index (Phi) is 4.55. The fourth-order valence-electron chi connectivity index (χ4n) is 2.61. The fraction of sp³-hybridized carbons (Fsp3) is 0.105. The van der Waals surface area contributed by atoms with Gasteiger partial charge in [0.2, 0.25) is 5.88 Å². The van der Waals surface area contributed by atoms with E-state index in [1.807, 2.05) is 0 Å². The number of carbonyl (C=O) groups excluding carboxylic acids is 1. The first-order valence-electron chi connectivity index (χ1n) is 8.54. The van der Waals surface area contributed by atoms with Gasteiger partial charge in [0, 0.05) is 16.8 Å². The van der Waals surface area contributed by atoms with Gasteiger partial charge < -0.3 is 14.3 Å². The number of oxazole rings is 1. The lowest BCUT2D eigenvalue weighted by atomic mass is 10.2. The highest BCUT2D eigenvalue weighted by atomic mass is 32.2. The Balaban J connectivity index is 1.49. The van der Waals surface area contributed by atoms with Gasteiger partial charge in [-0.3, -0.25) is 4.79 Å². The van der Waals surface area contributed by atoms with E-state index in [1.165, 1.54) is 30.7 Å². The molecule has 2 aromatic carbocycles. The van der Waals surface area contributed by atoms with Crippen LogP contribution in [0, 0.1) is 13.8 Å². The van der Waals surface area contributed by atoms with Gasteiger partial charge in [0.25, 0.3) is 15.9 Å². The van der Waals surface area contributed by atoms with Crippen LogP contribution in [-0.4, -0.2) is 24.5 Å². The van der Waals surface area contributed by atoms with E-state index in [2.05, 4.69) is 20.2 Å². The van der Waals surface area contributed by atoms with Crippen molar-refractivity contribution in [2.75, 3.05) is 10.0 Å². The molecule has 0 fully saturated rings. The molecule has 4 aromatic rings. The number of sulfonamides is 1. The van der Waals surface area contributed by atoms with E-state index >= 15 is 0 Å². The molecule has 0 bridgehead atoms. The molecule has 2 heterocycles. The molecule has 0 saturated carbocycles. The molecule has 0 atom stereocenters. The highest BCUT2D eigenvalue weighted by Gasteiger charge is 2.19. The molecule has 148 valence electrons. The summed E-state index contributed by atoms with van der Waals surface area (Å²) >= 11 is 0. The minimum absolute atomic E-state index is 0.0213. The normalized spacial score (nSPS) is 11.5. The van der Waals surface area contributed by atoms with Crippen molar-refractivity contribution in [3.8, 4) is 0 Å². The van der Waals surface area contributed by atoms with E-state index in [9.17, 15) is 13.2 Å². The number of nitrogens with zero attached hydrogens (tertiary/aromatic N) is 2. The van der Waals surface area contributed by atoms with Crippen LogP contribution in [0.25, 0.3) is 11.1 Å². The number of amides is 1. The molecule has 0 aliphatic heterocycles. The zero-order chi connectivity index (χ0) is 20.6. The molecule has 1 amide bonds. The van der Waals surface area contributed by atoms with Gasteiger partial charge in [-0.15, -0.1) is 0 Å². The summed E-state index contributed by atoms with van der Waals surface area (Å²) in [5.41, 5.74) is 3.22. The largest absolute Gasteiger partial charge is 0.443 e. The lowest BCUT2D eigenvalue weighted by Crippen LogP contribution is -2.14. The predicted octanol–water partition coefficient (Wildman–Crippen LogP) is 3.49. The number of hydrogen-bond acceptors (Lipinski definition) is 7. The molecule has 4 rings (SSSR count). The number of hydrogen-bond donors (Lipinski definition) is 2. The quantitative estimate of drug-likeness (QED) is 0.513. The molecule has 0 saturated heterocycles. The molecular weight excluding hydrogens is 396 g/mol. The van der Waals surface area contributed by atoms with Crippen LogP contribution in [0.1, 0.15) is 21.6 Å². The third kappa shape index (κ3) is 3.69. The molecule has 10 heteroatoms. The van der Waals surface area contributed by atoms with Crippen LogP contribution in [0.4, 0.5) is 11.6 Å². The van der Waals surface area contributed by atoms with Gasteiger partial charge in [-0.25, -0.2) is 18.1 Å². The van der Waals surface area contributed by atoms with Crippen LogP contribution in [0.2, 0.25) is 0 Å². The van der Waals surface area contributed by atoms with E-state index in [0.29, 0.717) is 33.6 Å². The van der Waals surface area contributed by atoms with Crippen LogP contribution >= 0.6 is 0 Å². The highest BCUT2D eigenvalue weighted by molar-refractivity contribution is 7.92. The molecule has 2 aromatic heterocycles. The summed E-state index contributed by atoms with van der Waals surface area (Å²) in [6.45, 7) is 3.42. The minimum Gasteiger partial charge on any atom is -0.443 e. The Bertz CT molecular complexity index is 1310. The van der Waals surface area contributed by atoms with Crippen LogP contribution < -0.4 is 10.0 Å². The number of carbonyl (C=O) groups is 1. The second-order valence-corrected chi connectivity index (χ2v) is 8.02. The van der Waals surface area contributed by atoms with Crippen molar-refractivity contribution >= 4 is 38.6 Å². The van der Waals surface area contributed by atoms with Crippen molar-refractivity contribution in [3.63, 3.8) is 0 Å². The molecule has 29 heavy (non-hydrogen) atoms. The number of aryl methyl sites for hydroxylation is 1. The monoisotopic (exact) mass is 412 g/mol. The van der Waals surface area contributed by atoms with E-state index < -0.39 is 10.0 Å². The van der Waals surface area contributed by atoms with Gasteiger partial charge >= 0.3 is 0 Å². The summed E-state index contributed by atoms with van der Waals surface area (Å²) < 4.78 is 37.5. The minimum atomic E-state index is -3.85. The zero-order valence-electron chi connectivity index (χ0n) is 15.5. The zero-order valence-corrected chi connectivity index (χ0v) is 16.3. The van der Waals surface area contributed by atoms with Gasteiger partial charge in [0.05, 0.1) is 10.6 Å². The van der Waals surface area contributed by atoms with Crippen molar-refractivity contribution in [2.45, 2.75) is 18.7 Å². The molecule has 0 aliphatic carbocycles. The van der Waals surface area contributed by atoms with Gasteiger partial charge in [-0.2, -0.15) is 0 Å². The Morgan fingerprint density at radius 2 is 1.83 bits per heavy atom. The van der Waals surface area contributed by atoms with Gasteiger partial charge in [-0.05, 0) is 56.3 Å². The highest BCUT2D eigenvalue weighted by Crippen LogP contribution is 2.23. The maximum atomic E-state index is 12.5. The molecule has 2 N–H and O–H groups in total. The lowest BCUT2D eigenvalue weighted by molar-refractivity contribution is 0.102. The van der Waals surface area contributed by atoms with E-state index in [0.717, 1.165) is 0 Å². The molecule has 9 nitrogen and oxygen atoms in total. The summed E-state index contributed by atoms with van der Waals surface area (Å²) in [4.78, 5) is 16.5. The van der Waals surface area contributed by atoms with Gasteiger partial charge in [0.15, 0.2) is 12.0 Å². The average molecular weight is 412 g/mol. The Morgan fingerprint density at radius 3 is 2.52 bits per heavy atom. The fourth-order valence-corrected chi connectivity index (χ4v) is 3.66. The SMILES string of the molecule is Cc1noc(NS(=O)(=O)c2ccc(NC(=O)c3ccc4ocnc4c3)cc2)c1C. The van der Waals surface area contributed by atoms with Gasteiger partial charge in [0.1, 0.15) is 5.52 Å². The second-order valence-electron chi connectivity index (χ2n) is 6.34. The Morgan fingerprint density at radius 1 is 1.07 bits per heavy atom. The standard InChI is InChI=1S/C19H16N4O5S/c1-11-12(2)22-28-19(11)23-29(25,26)15-6-4-14(5-7-15)21-18(24)13-3-8-17-16(9-13)20-10-27-17/h3-10,23H,1-2H3,(H,21,24). The number of anilines is 2. The van der Waals surface area contributed by atoms with Crippen LogP contribution in [0.3, 0.4) is 0 Å². The first kappa shape index (κ1) is 18.7. The lowest BCUT2D eigenvalue weighted by Gasteiger charge is -2.08. The smallest absolute Gasteiger partial charge is 0.264 e. The van der Waals surface area contributed by atoms with Crippen molar-refractivity contribution in [3.05, 3.63) is 65.7 Å². The summed E-state index contributed by atoms with van der Waals surface area (Å²) in [5, 5.41) is 6.44. The first-order valence-corrected chi connectivity index (χ1v) is 10.0. The maximum absolute atomic E-state index is 12.5. The Labute approximate surface area is 165 Å². The van der Waals surface area contributed by atoms with Crippen molar-refractivity contribution < 1.29 is 22.2 Å². The van der Waals surface area contributed by atoms with Crippen molar-refractivity contribution in [1.82, 2.24) is 10.1 Å². The Hall–Kier alpha value is -3.66. The molecule has 0 aliphatic rings. The molecular formula is C19H16N4O5S. The third-order valence-electron chi connectivity index (χ3n) is 4.40. The molecule has 0 unspecified atom stereocenters. The van der Waals surface area contributed by atoms with Crippen molar-refractivity contribution in [2.24, 2.45) is 0 Å². The maximum Gasteiger partial charge on any atom is 0.264 e. The summed E-state index contributed by atoms with van der Waals surface area (Å²) in [7, 11) is -3.85. The van der Waals surface area contributed by atoms with Crippen molar-refractivity contribution in [1.29, 1.82) is 0 Å². The molecule has 0 radical (unpaired) electrons. The number of fused-ring (bicyclic) bond motifs is 1. The molecule has 0 spiro atoms. The second kappa shape index (κ2) is 7.06. The van der Waals surface area contributed by atoms with Crippen LogP contribution in [0.15, 0.2) is 62.7 Å². The predicted molar refractivity (Wildman–Crippen MR) is 105 cm³/mol. The third-order valence-corrected chi connectivity index (χ3v) is 5.75. The first-order chi connectivity index (χ1) is 13.8. The number of rotatable bonds is 5. The average Bonchev–Trinajstić information content (AvgIpc) is 3.29. The van der Waals surface area contributed by atoms with E-state index in [-0.39, 0.29) is 16.7 Å². The summed E-state index contributed by atoms with van der Waals surface area (Å²) in [6.07, 6.45) is 1.31. The number of nitrogens with one attached hydrogen (secondary N) is 2. The van der Waals surface area contributed by atoms with Gasteiger partial charge in [-0.1, -0.05) is 5.16 Å². The summed E-state index contributed by atoms with van der Waals surface area (Å²) in [5.74, 6) is -0.278. The van der Waals surface area contributed by atoms with Crippen LogP contribution in [0.5, 0.6) is 0 Å². The van der Waals surface area contributed by atoms with Crippen LogP contribution in [-0.2, 0) is 10.0 Å². The number of benzene rings is 2. The van der Waals surface area contributed by atoms with E-state index in [4.69, 9.17) is 8.94 Å². The topological polar surface area (TPSA) is 127 Å². The number of aromatic nitrogens is 2.